The maximum atomic E-state index is 3.56. The first-order valence-corrected chi connectivity index (χ1v) is 7.45. The predicted octanol–water partition coefficient (Wildman–Crippen LogP) is 5.16. The van der Waals surface area contributed by atoms with Crippen LogP contribution in [0.25, 0.3) is 10.1 Å². The molecule has 1 aromatic carbocycles. The summed E-state index contributed by atoms with van der Waals surface area (Å²) in [7, 11) is 0. The molecule has 2 rings (SSSR count). The average molecular weight is 432 g/mol. The van der Waals surface area contributed by atoms with Crippen LogP contribution in [0.2, 0.25) is 0 Å². The Bertz CT molecular complexity index is 450. The Morgan fingerprint density at radius 2 is 2.08 bits per heavy atom. The molecule has 0 bridgehead atoms. The lowest BCUT2D eigenvalue weighted by Crippen LogP contribution is -1.78. The third kappa shape index (κ3) is 2.11. The molecule has 1 aromatic heterocycles. The van der Waals surface area contributed by atoms with Gasteiger partial charge in [0.2, 0.25) is 0 Å². The van der Waals surface area contributed by atoms with Gasteiger partial charge in [-0.1, -0.05) is 31.9 Å². The van der Waals surface area contributed by atoms with E-state index in [0.717, 1.165) is 5.33 Å². The molecule has 0 aliphatic heterocycles. The van der Waals surface area contributed by atoms with E-state index in [-0.39, 0.29) is 0 Å². The molecule has 13 heavy (non-hydrogen) atoms. The van der Waals surface area contributed by atoms with Crippen molar-refractivity contribution in [3.8, 4) is 0 Å². The van der Waals surface area contributed by atoms with Gasteiger partial charge in [0, 0.05) is 14.5 Å². The van der Waals surface area contributed by atoms with E-state index in [0.29, 0.717) is 0 Å². The monoisotopic (exact) mass is 430 g/mol. The summed E-state index contributed by atoms with van der Waals surface area (Å²) in [6.45, 7) is 0. The molecule has 2 aromatic rings. The van der Waals surface area contributed by atoms with E-state index in [1.165, 1.54) is 23.0 Å². The Hall–Kier alpha value is 0.870. The fraction of sp³-hybridized carbons (Fsp3) is 0.111. The number of hydrogen-bond acceptors (Lipinski definition) is 1. The number of rotatable bonds is 1. The van der Waals surface area contributed by atoms with E-state index in [1.807, 2.05) is 11.3 Å². The molecule has 0 nitrogen and oxygen atoms in total. The second-order valence-electron chi connectivity index (χ2n) is 2.67. The van der Waals surface area contributed by atoms with E-state index in [9.17, 15) is 0 Å². The van der Waals surface area contributed by atoms with E-state index >= 15 is 0 Å². The minimum absolute atomic E-state index is 0.901. The van der Waals surface area contributed by atoms with Crippen LogP contribution in [0.3, 0.4) is 0 Å². The lowest BCUT2D eigenvalue weighted by Gasteiger charge is -1.99. The van der Waals surface area contributed by atoms with Crippen molar-refractivity contribution in [1.82, 2.24) is 0 Å². The van der Waals surface area contributed by atoms with Crippen LogP contribution >= 0.6 is 65.8 Å². The van der Waals surface area contributed by atoms with Crippen molar-refractivity contribution >= 4 is 75.9 Å². The molecule has 0 aliphatic carbocycles. The fourth-order valence-corrected chi connectivity index (χ4v) is 4.39. The van der Waals surface area contributed by atoms with Crippen molar-refractivity contribution in [2.75, 3.05) is 0 Å². The fourth-order valence-electron chi connectivity index (χ4n) is 1.17. The van der Waals surface area contributed by atoms with Gasteiger partial charge in [-0.2, -0.15) is 0 Å². The highest BCUT2D eigenvalue weighted by atomic mass is 127. The van der Waals surface area contributed by atoms with E-state index in [2.05, 4.69) is 72.6 Å². The molecule has 0 aliphatic rings. The standard InChI is InChI=1S/C9H5Br2IS/c10-4-6-2-8-5(1-7(6)11)3-9(12)13-8/h1-3H,4H2. The minimum Gasteiger partial charge on any atom is -0.129 e. The lowest BCUT2D eigenvalue weighted by molar-refractivity contribution is 1.43. The summed E-state index contributed by atoms with van der Waals surface area (Å²) in [6, 6.07) is 6.63. The van der Waals surface area contributed by atoms with Crippen molar-refractivity contribution in [1.29, 1.82) is 0 Å². The van der Waals surface area contributed by atoms with Gasteiger partial charge in [-0.05, 0) is 51.7 Å². The Balaban J connectivity index is 2.72. The highest BCUT2D eigenvalue weighted by Crippen LogP contribution is 2.32. The summed E-state index contributed by atoms with van der Waals surface area (Å²) in [5.74, 6) is 0. The second kappa shape index (κ2) is 4.16. The average Bonchev–Trinajstić information content (AvgIpc) is 2.42. The quantitative estimate of drug-likeness (QED) is 0.432. The number of hydrogen-bond donors (Lipinski definition) is 0. The number of halogens is 3. The number of thiophene rings is 1. The Morgan fingerprint density at radius 3 is 2.77 bits per heavy atom. The maximum Gasteiger partial charge on any atom is 0.0666 e. The second-order valence-corrected chi connectivity index (χ2v) is 7.06. The smallest absolute Gasteiger partial charge is 0.0666 e. The molecule has 0 atom stereocenters. The van der Waals surface area contributed by atoms with Gasteiger partial charge in [-0.15, -0.1) is 11.3 Å². The lowest BCUT2D eigenvalue weighted by atomic mass is 10.2. The maximum absolute atomic E-state index is 3.56. The molecule has 1 heterocycles. The van der Waals surface area contributed by atoms with Crippen LogP contribution in [0.5, 0.6) is 0 Å². The third-order valence-corrected chi connectivity index (χ3v) is 5.00. The first kappa shape index (κ1) is 10.4. The van der Waals surface area contributed by atoms with Gasteiger partial charge in [-0.3, -0.25) is 0 Å². The normalized spacial score (nSPS) is 11.0. The van der Waals surface area contributed by atoms with E-state index in [1.54, 1.807) is 0 Å². The predicted molar refractivity (Wildman–Crippen MR) is 74.9 cm³/mol. The molecule has 0 unspecified atom stereocenters. The summed E-state index contributed by atoms with van der Waals surface area (Å²) in [5, 5.41) is 2.23. The van der Waals surface area contributed by atoms with Crippen molar-refractivity contribution in [2.24, 2.45) is 0 Å². The van der Waals surface area contributed by atoms with E-state index < -0.39 is 0 Å². The number of fused-ring (bicyclic) bond motifs is 1. The van der Waals surface area contributed by atoms with Gasteiger partial charge in [0.15, 0.2) is 0 Å². The van der Waals surface area contributed by atoms with Gasteiger partial charge >= 0.3 is 0 Å². The number of benzene rings is 1. The molecule has 0 amide bonds. The number of alkyl halides is 1. The van der Waals surface area contributed by atoms with E-state index in [4.69, 9.17) is 0 Å². The minimum atomic E-state index is 0.901. The molecule has 0 saturated carbocycles. The molecular formula is C9H5Br2IS. The van der Waals surface area contributed by atoms with Crippen LogP contribution < -0.4 is 0 Å². The van der Waals surface area contributed by atoms with Crippen LogP contribution in [-0.2, 0) is 5.33 Å². The Morgan fingerprint density at radius 1 is 1.31 bits per heavy atom. The first-order chi connectivity index (χ1) is 6.20. The van der Waals surface area contributed by atoms with Gasteiger partial charge in [0.05, 0.1) is 2.88 Å². The van der Waals surface area contributed by atoms with Gasteiger partial charge in [0.1, 0.15) is 0 Å². The molecule has 0 spiro atoms. The van der Waals surface area contributed by atoms with Crippen molar-refractivity contribution in [3.05, 3.63) is 31.1 Å². The van der Waals surface area contributed by atoms with Crippen molar-refractivity contribution < 1.29 is 0 Å². The third-order valence-electron chi connectivity index (χ3n) is 1.80. The highest BCUT2D eigenvalue weighted by molar-refractivity contribution is 14.1. The van der Waals surface area contributed by atoms with Gasteiger partial charge < -0.3 is 0 Å². The van der Waals surface area contributed by atoms with Crippen molar-refractivity contribution in [2.45, 2.75) is 5.33 Å². The molecule has 0 radical (unpaired) electrons. The molecular weight excluding hydrogens is 427 g/mol. The zero-order valence-corrected chi connectivity index (χ0v) is 12.6. The zero-order chi connectivity index (χ0) is 9.42. The van der Waals surface area contributed by atoms with Crippen LogP contribution in [0.1, 0.15) is 5.56 Å². The van der Waals surface area contributed by atoms with Gasteiger partial charge in [0.25, 0.3) is 0 Å². The molecule has 68 valence electrons. The molecule has 0 fully saturated rings. The van der Waals surface area contributed by atoms with Crippen molar-refractivity contribution in [3.63, 3.8) is 0 Å². The van der Waals surface area contributed by atoms with Gasteiger partial charge in [-0.25, -0.2) is 0 Å². The topological polar surface area (TPSA) is 0 Å². The van der Waals surface area contributed by atoms with Crippen LogP contribution in [0, 0.1) is 2.88 Å². The van der Waals surface area contributed by atoms with Crippen LogP contribution in [-0.4, -0.2) is 0 Å². The highest BCUT2D eigenvalue weighted by Gasteiger charge is 2.04. The molecule has 0 saturated heterocycles. The first-order valence-electron chi connectivity index (χ1n) is 3.64. The molecule has 4 heteroatoms. The van der Waals surface area contributed by atoms with Crippen LogP contribution in [0.15, 0.2) is 22.7 Å². The summed E-state index contributed by atoms with van der Waals surface area (Å²) in [5.41, 5.74) is 1.31. The Labute approximate surface area is 111 Å². The SMILES string of the molecule is BrCc1cc2sc(I)cc2cc1Br. The summed E-state index contributed by atoms with van der Waals surface area (Å²) < 4.78 is 3.89. The Kier molecular flexibility index (Phi) is 3.33. The summed E-state index contributed by atoms with van der Waals surface area (Å²) in [6.07, 6.45) is 0. The van der Waals surface area contributed by atoms with Crippen LogP contribution in [0.4, 0.5) is 0 Å². The largest absolute Gasteiger partial charge is 0.129 e. The molecule has 0 N–H and O–H groups in total. The zero-order valence-electron chi connectivity index (χ0n) is 6.48. The summed E-state index contributed by atoms with van der Waals surface area (Å²) >= 11 is 11.2. The summed E-state index contributed by atoms with van der Waals surface area (Å²) in [4.78, 5) is 0.